The maximum atomic E-state index is 12.1. The average Bonchev–Trinajstić information content (AvgIpc) is 2.79. The van der Waals surface area contributed by atoms with Gasteiger partial charge >= 0.3 is 6.03 Å². The summed E-state index contributed by atoms with van der Waals surface area (Å²) in [6.07, 6.45) is 0.494. The van der Waals surface area contributed by atoms with Gasteiger partial charge in [-0.1, -0.05) is 19.1 Å². The number of nitrogens with zero attached hydrogens (tertiary/aromatic N) is 3. The maximum absolute atomic E-state index is 12.1. The standard InChI is InChI=1S/C10H19N7O2/c1-5(2)4-7(13-10(11)19)9(18)12-6(3)8-14-16-17-15-8/h5-7H,4H2,1-3H3,(H,12,18)(H3,11,13,19)(H,14,15,16,17). The van der Waals surface area contributed by atoms with Gasteiger partial charge in [0.15, 0.2) is 5.82 Å². The van der Waals surface area contributed by atoms with Crippen molar-refractivity contribution in [2.24, 2.45) is 11.7 Å². The Morgan fingerprint density at radius 3 is 2.47 bits per heavy atom. The Kier molecular flexibility index (Phi) is 5.22. The van der Waals surface area contributed by atoms with Crippen molar-refractivity contribution >= 4 is 11.9 Å². The van der Waals surface area contributed by atoms with Crippen molar-refractivity contribution in [2.75, 3.05) is 0 Å². The number of hydrogen-bond donors (Lipinski definition) is 4. The molecule has 2 atom stereocenters. The molecule has 19 heavy (non-hydrogen) atoms. The normalized spacial score (nSPS) is 13.9. The molecule has 0 aliphatic heterocycles. The third-order valence-electron chi connectivity index (χ3n) is 2.45. The zero-order valence-corrected chi connectivity index (χ0v) is 11.2. The van der Waals surface area contributed by atoms with E-state index in [1.807, 2.05) is 13.8 Å². The monoisotopic (exact) mass is 269 g/mol. The molecule has 1 aromatic rings. The van der Waals surface area contributed by atoms with Crippen LogP contribution in [0, 0.1) is 5.92 Å². The number of amides is 3. The molecule has 2 unspecified atom stereocenters. The topological polar surface area (TPSA) is 139 Å². The summed E-state index contributed by atoms with van der Waals surface area (Å²) in [5.41, 5.74) is 5.06. The van der Waals surface area contributed by atoms with Gasteiger partial charge in [0.2, 0.25) is 5.91 Å². The van der Waals surface area contributed by atoms with Gasteiger partial charge in [0.05, 0.1) is 6.04 Å². The number of carbonyl (C=O) groups is 2. The highest BCUT2D eigenvalue weighted by molar-refractivity contribution is 5.86. The zero-order chi connectivity index (χ0) is 14.4. The van der Waals surface area contributed by atoms with Gasteiger partial charge in [0, 0.05) is 0 Å². The molecule has 5 N–H and O–H groups in total. The number of nitrogens with two attached hydrogens (primary N) is 1. The summed E-state index contributed by atoms with van der Waals surface area (Å²) in [6.45, 7) is 5.62. The lowest BCUT2D eigenvalue weighted by Gasteiger charge is -2.20. The zero-order valence-electron chi connectivity index (χ0n) is 11.2. The van der Waals surface area contributed by atoms with Crippen LogP contribution in [-0.4, -0.2) is 38.6 Å². The average molecular weight is 269 g/mol. The van der Waals surface area contributed by atoms with E-state index in [1.165, 1.54) is 0 Å². The molecule has 0 saturated heterocycles. The first-order chi connectivity index (χ1) is 8.90. The molecule has 106 valence electrons. The highest BCUT2D eigenvalue weighted by Gasteiger charge is 2.23. The van der Waals surface area contributed by atoms with Crippen LogP contribution in [0.3, 0.4) is 0 Å². The van der Waals surface area contributed by atoms with E-state index < -0.39 is 18.1 Å². The number of aromatic amines is 1. The molecule has 0 saturated carbocycles. The number of hydrogen-bond acceptors (Lipinski definition) is 5. The molecule has 0 aliphatic carbocycles. The molecule has 0 aromatic carbocycles. The molecule has 0 fully saturated rings. The summed E-state index contributed by atoms with van der Waals surface area (Å²) in [5.74, 6) is 0.281. The second-order valence-electron chi connectivity index (χ2n) is 4.69. The number of tetrazole rings is 1. The van der Waals surface area contributed by atoms with Crippen LogP contribution in [0.2, 0.25) is 0 Å². The van der Waals surface area contributed by atoms with Crippen molar-refractivity contribution in [3.05, 3.63) is 5.82 Å². The highest BCUT2D eigenvalue weighted by atomic mass is 16.2. The smallest absolute Gasteiger partial charge is 0.312 e. The quantitative estimate of drug-likeness (QED) is 0.549. The summed E-state index contributed by atoms with van der Waals surface area (Å²) in [5, 5.41) is 18.4. The Morgan fingerprint density at radius 2 is 2.00 bits per heavy atom. The summed E-state index contributed by atoms with van der Waals surface area (Å²) in [4.78, 5) is 23.0. The number of urea groups is 1. The molecule has 1 rings (SSSR count). The van der Waals surface area contributed by atoms with Crippen molar-refractivity contribution in [1.82, 2.24) is 31.3 Å². The first-order valence-electron chi connectivity index (χ1n) is 5.99. The molecule has 1 heterocycles. The van der Waals surface area contributed by atoms with E-state index in [2.05, 4.69) is 31.3 Å². The minimum absolute atomic E-state index is 0.239. The van der Waals surface area contributed by atoms with Crippen molar-refractivity contribution in [1.29, 1.82) is 0 Å². The minimum atomic E-state index is -0.729. The summed E-state index contributed by atoms with van der Waals surface area (Å²) >= 11 is 0. The van der Waals surface area contributed by atoms with Crippen LogP contribution in [0.1, 0.15) is 39.1 Å². The highest BCUT2D eigenvalue weighted by Crippen LogP contribution is 2.08. The van der Waals surface area contributed by atoms with E-state index in [1.54, 1.807) is 6.92 Å². The van der Waals surface area contributed by atoms with E-state index in [4.69, 9.17) is 5.73 Å². The van der Waals surface area contributed by atoms with Crippen LogP contribution in [0.25, 0.3) is 0 Å². The number of rotatable bonds is 6. The van der Waals surface area contributed by atoms with Crippen molar-refractivity contribution in [3.63, 3.8) is 0 Å². The Bertz CT molecular complexity index is 418. The molecular formula is C10H19N7O2. The lowest BCUT2D eigenvalue weighted by molar-refractivity contribution is -0.124. The van der Waals surface area contributed by atoms with Crippen LogP contribution < -0.4 is 16.4 Å². The number of carbonyl (C=O) groups excluding carboxylic acids is 2. The molecule has 0 bridgehead atoms. The van der Waals surface area contributed by atoms with Crippen LogP contribution in [0.5, 0.6) is 0 Å². The van der Waals surface area contributed by atoms with Gasteiger partial charge in [-0.15, -0.1) is 10.2 Å². The van der Waals surface area contributed by atoms with Gasteiger partial charge < -0.3 is 16.4 Å². The molecular weight excluding hydrogens is 250 g/mol. The fourth-order valence-corrected chi connectivity index (χ4v) is 1.61. The molecule has 0 radical (unpaired) electrons. The Hall–Kier alpha value is -2.19. The molecule has 9 heteroatoms. The van der Waals surface area contributed by atoms with Crippen LogP contribution >= 0.6 is 0 Å². The fourth-order valence-electron chi connectivity index (χ4n) is 1.61. The second kappa shape index (κ2) is 6.66. The summed E-state index contributed by atoms with van der Waals surface area (Å²) in [7, 11) is 0. The molecule has 1 aromatic heterocycles. The summed E-state index contributed by atoms with van der Waals surface area (Å²) < 4.78 is 0. The third kappa shape index (κ3) is 4.90. The predicted octanol–water partition coefficient (Wildman–Crippen LogP) is -0.540. The van der Waals surface area contributed by atoms with E-state index in [-0.39, 0.29) is 11.8 Å². The second-order valence-corrected chi connectivity index (χ2v) is 4.69. The van der Waals surface area contributed by atoms with E-state index in [0.29, 0.717) is 12.2 Å². The van der Waals surface area contributed by atoms with Crippen molar-refractivity contribution in [3.8, 4) is 0 Å². The SMILES string of the molecule is CC(C)CC(NC(N)=O)C(=O)NC(C)c1nn[nH]n1. The largest absolute Gasteiger partial charge is 0.352 e. The fraction of sp³-hybridized carbons (Fsp3) is 0.700. The van der Waals surface area contributed by atoms with E-state index >= 15 is 0 Å². The number of primary amides is 1. The molecule has 9 nitrogen and oxygen atoms in total. The summed E-state index contributed by atoms with van der Waals surface area (Å²) in [6, 6.07) is -1.81. The first kappa shape index (κ1) is 14.9. The van der Waals surface area contributed by atoms with Gasteiger partial charge in [-0.3, -0.25) is 4.79 Å². The maximum Gasteiger partial charge on any atom is 0.312 e. The molecule has 0 spiro atoms. The van der Waals surface area contributed by atoms with Crippen molar-refractivity contribution in [2.45, 2.75) is 39.3 Å². The van der Waals surface area contributed by atoms with Crippen molar-refractivity contribution < 1.29 is 9.59 Å². The van der Waals surface area contributed by atoms with Gasteiger partial charge in [-0.2, -0.15) is 5.21 Å². The van der Waals surface area contributed by atoms with E-state index in [9.17, 15) is 9.59 Å². The Balaban J connectivity index is 2.63. The Morgan fingerprint density at radius 1 is 1.32 bits per heavy atom. The first-order valence-corrected chi connectivity index (χ1v) is 5.99. The lowest BCUT2D eigenvalue weighted by atomic mass is 10.0. The van der Waals surface area contributed by atoms with Crippen LogP contribution in [0.4, 0.5) is 4.79 Å². The Labute approximate surface area is 110 Å². The molecule has 3 amide bonds. The minimum Gasteiger partial charge on any atom is -0.352 e. The number of aromatic nitrogens is 4. The third-order valence-corrected chi connectivity index (χ3v) is 2.45. The van der Waals surface area contributed by atoms with Gasteiger partial charge in [-0.05, 0) is 19.3 Å². The predicted molar refractivity (Wildman–Crippen MR) is 66.7 cm³/mol. The van der Waals surface area contributed by atoms with Gasteiger partial charge in [0.25, 0.3) is 0 Å². The number of H-pyrrole nitrogens is 1. The number of nitrogens with one attached hydrogen (secondary N) is 3. The van der Waals surface area contributed by atoms with Gasteiger partial charge in [0.1, 0.15) is 6.04 Å². The van der Waals surface area contributed by atoms with E-state index in [0.717, 1.165) is 0 Å². The molecule has 0 aliphatic rings. The lowest BCUT2D eigenvalue weighted by Crippen LogP contribution is -2.49. The van der Waals surface area contributed by atoms with Crippen LogP contribution in [-0.2, 0) is 4.79 Å². The van der Waals surface area contributed by atoms with Crippen LogP contribution in [0.15, 0.2) is 0 Å². The van der Waals surface area contributed by atoms with Gasteiger partial charge in [-0.25, -0.2) is 4.79 Å².